The van der Waals surface area contributed by atoms with Crippen LogP contribution in [-0.2, 0) is 6.54 Å². The van der Waals surface area contributed by atoms with Crippen LogP contribution in [0.5, 0.6) is 0 Å². The molecule has 0 aliphatic carbocycles. The van der Waals surface area contributed by atoms with E-state index in [1.54, 1.807) is 17.7 Å². The normalized spacial score (nSPS) is 11.0. The zero-order valence-corrected chi connectivity index (χ0v) is 13.4. The van der Waals surface area contributed by atoms with Gasteiger partial charge in [0.15, 0.2) is 0 Å². The van der Waals surface area contributed by atoms with E-state index < -0.39 is 0 Å². The number of fused-ring (bicyclic) bond motifs is 1. The molecular weight excluding hydrogens is 298 g/mol. The predicted octanol–water partition coefficient (Wildman–Crippen LogP) is 4.21. The molecule has 4 heteroatoms. The Bertz CT molecular complexity index is 1010. The maximum absolute atomic E-state index is 12.0. The van der Waals surface area contributed by atoms with Crippen LogP contribution in [0.15, 0.2) is 73.1 Å². The number of para-hydroxylation sites is 1. The van der Waals surface area contributed by atoms with E-state index in [0.29, 0.717) is 6.54 Å². The second-order valence-corrected chi connectivity index (χ2v) is 5.81. The molecule has 0 aliphatic rings. The minimum absolute atomic E-state index is 0.00609. The highest BCUT2D eigenvalue weighted by molar-refractivity contribution is 6.00. The third-order valence-corrected chi connectivity index (χ3v) is 4.22. The van der Waals surface area contributed by atoms with Crippen molar-refractivity contribution in [2.24, 2.45) is 0 Å². The van der Waals surface area contributed by atoms with Gasteiger partial charge in [0, 0.05) is 30.3 Å². The molecule has 0 saturated carbocycles. The summed E-state index contributed by atoms with van der Waals surface area (Å²) in [6.45, 7) is 2.28. The molecule has 4 rings (SSSR count). The quantitative estimate of drug-likeness (QED) is 0.568. The molecule has 2 heterocycles. The average molecular weight is 315 g/mol. The van der Waals surface area contributed by atoms with E-state index in [-0.39, 0.29) is 5.91 Å². The summed E-state index contributed by atoms with van der Waals surface area (Å²) in [7, 11) is 0. The Morgan fingerprint density at radius 1 is 1.00 bits per heavy atom. The highest BCUT2D eigenvalue weighted by atomic mass is 16.1. The summed E-state index contributed by atoms with van der Waals surface area (Å²) >= 11 is 0. The van der Waals surface area contributed by atoms with Crippen molar-refractivity contribution in [2.45, 2.75) is 13.5 Å². The van der Waals surface area contributed by atoms with Crippen LogP contribution in [0.1, 0.15) is 17.3 Å². The lowest BCUT2D eigenvalue weighted by atomic mass is 10.1. The molecule has 4 aromatic rings. The van der Waals surface area contributed by atoms with Gasteiger partial charge in [0.05, 0.1) is 17.8 Å². The van der Waals surface area contributed by atoms with Crippen LogP contribution in [0.2, 0.25) is 0 Å². The van der Waals surface area contributed by atoms with Crippen LogP contribution in [0.25, 0.3) is 22.2 Å². The topological polar surface area (TPSA) is 39.8 Å². The van der Waals surface area contributed by atoms with Crippen LogP contribution in [0.3, 0.4) is 0 Å². The van der Waals surface area contributed by atoms with E-state index in [1.165, 1.54) is 5.56 Å². The van der Waals surface area contributed by atoms with E-state index >= 15 is 0 Å². The Balaban J connectivity index is 1.85. The first-order chi connectivity index (χ1) is 11.7. The second-order valence-electron chi connectivity index (χ2n) is 5.81. The third kappa shape index (κ3) is 2.42. The summed E-state index contributed by atoms with van der Waals surface area (Å²) in [5, 5.41) is 5.53. The molecule has 2 aromatic heterocycles. The van der Waals surface area contributed by atoms with Crippen molar-refractivity contribution >= 4 is 16.8 Å². The van der Waals surface area contributed by atoms with Gasteiger partial charge in [0.1, 0.15) is 0 Å². The van der Waals surface area contributed by atoms with E-state index in [1.807, 2.05) is 59.4 Å². The van der Waals surface area contributed by atoms with Gasteiger partial charge in [-0.15, -0.1) is 0 Å². The smallest absolute Gasteiger partial charge is 0.227 e. The molecular formula is C20H17N3O. The molecule has 0 radical (unpaired) electrons. The summed E-state index contributed by atoms with van der Waals surface area (Å²) in [4.78, 5) is 12.0. The molecule has 118 valence electrons. The minimum Gasteiger partial charge on any atom is -0.287 e. The highest BCUT2D eigenvalue weighted by Crippen LogP contribution is 2.30. The molecule has 0 unspecified atom stereocenters. The maximum atomic E-state index is 12.0. The Morgan fingerprint density at radius 3 is 2.54 bits per heavy atom. The van der Waals surface area contributed by atoms with Crippen LogP contribution in [-0.4, -0.2) is 20.3 Å². The van der Waals surface area contributed by atoms with Crippen LogP contribution in [0.4, 0.5) is 0 Å². The van der Waals surface area contributed by atoms with E-state index in [9.17, 15) is 4.79 Å². The number of carbonyl (C=O) groups excluding carboxylic acids is 1. The van der Waals surface area contributed by atoms with Crippen LogP contribution >= 0.6 is 0 Å². The monoisotopic (exact) mass is 315 g/mol. The third-order valence-electron chi connectivity index (χ3n) is 4.22. The van der Waals surface area contributed by atoms with Crippen molar-refractivity contribution in [3.8, 4) is 11.3 Å². The standard InChI is InChI=1S/C20H17N3O/c1-15(24)22-14-18(17-9-5-6-10-19(17)22)20-11-12-21-23(20)13-16-7-3-2-4-8-16/h2-12,14H,13H2,1H3. The fourth-order valence-electron chi connectivity index (χ4n) is 3.09. The lowest BCUT2D eigenvalue weighted by molar-refractivity contribution is 0.0942. The van der Waals surface area contributed by atoms with Gasteiger partial charge >= 0.3 is 0 Å². The number of carbonyl (C=O) groups is 1. The molecule has 0 amide bonds. The van der Waals surface area contributed by atoms with Crippen molar-refractivity contribution in [2.75, 3.05) is 0 Å². The highest BCUT2D eigenvalue weighted by Gasteiger charge is 2.15. The van der Waals surface area contributed by atoms with Crippen LogP contribution < -0.4 is 0 Å². The zero-order chi connectivity index (χ0) is 16.5. The first kappa shape index (κ1) is 14.5. The predicted molar refractivity (Wildman–Crippen MR) is 95.0 cm³/mol. The summed E-state index contributed by atoms with van der Waals surface area (Å²) < 4.78 is 3.67. The minimum atomic E-state index is 0.00609. The van der Waals surface area contributed by atoms with Gasteiger partial charge < -0.3 is 0 Å². The molecule has 4 nitrogen and oxygen atoms in total. The van der Waals surface area contributed by atoms with Crippen molar-refractivity contribution in [3.63, 3.8) is 0 Å². The van der Waals surface area contributed by atoms with Crippen molar-refractivity contribution < 1.29 is 4.79 Å². The number of benzene rings is 2. The fraction of sp³-hybridized carbons (Fsp3) is 0.100. The summed E-state index contributed by atoms with van der Waals surface area (Å²) in [6, 6.07) is 20.2. The summed E-state index contributed by atoms with van der Waals surface area (Å²) in [5.41, 5.74) is 4.15. The summed E-state index contributed by atoms with van der Waals surface area (Å²) in [6.07, 6.45) is 3.71. The van der Waals surface area contributed by atoms with Gasteiger partial charge in [-0.2, -0.15) is 5.10 Å². The Labute approximate surface area is 140 Å². The number of hydrogen-bond acceptors (Lipinski definition) is 2. The maximum Gasteiger partial charge on any atom is 0.227 e. The zero-order valence-electron chi connectivity index (χ0n) is 13.4. The van der Waals surface area contributed by atoms with Gasteiger partial charge in [-0.3, -0.25) is 14.0 Å². The number of nitrogens with zero attached hydrogens (tertiary/aromatic N) is 3. The molecule has 0 saturated heterocycles. The molecule has 0 spiro atoms. The Hall–Kier alpha value is -3.14. The molecule has 0 bridgehead atoms. The number of aromatic nitrogens is 3. The lowest BCUT2D eigenvalue weighted by Gasteiger charge is -2.07. The first-order valence-electron chi connectivity index (χ1n) is 7.91. The van der Waals surface area contributed by atoms with E-state index in [4.69, 9.17) is 0 Å². The van der Waals surface area contributed by atoms with Crippen molar-refractivity contribution in [1.82, 2.24) is 14.3 Å². The molecule has 0 N–H and O–H groups in total. The largest absolute Gasteiger partial charge is 0.287 e. The van der Waals surface area contributed by atoms with Gasteiger partial charge in [0.2, 0.25) is 5.91 Å². The SMILES string of the molecule is CC(=O)n1cc(-c2ccnn2Cc2ccccc2)c2ccccc21. The van der Waals surface area contributed by atoms with E-state index in [2.05, 4.69) is 17.2 Å². The number of rotatable bonds is 3. The van der Waals surface area contributed by atoms with Crippen molar-refractivity contribution in [3.05, 3.63) is 78.6 Å². The Kier molecular flexibility index (Phi) is 3.50. The molecule has 0 fully saturated rings. The lowest BCUT2D eigenvalue weighted by Crippen LogP contribution is -2.04. The van der Waals surface area contributed by atoms with Crippen molar-refractivity contribution in [1.29, 1.82) is 0 Å². The van der Waals surface area contributed by atoms with Gasteiger partial charge in [-0.05, 0) is 17.7 Å². The average Bonchev–Trinajstić information content (AvgIpc) is 3.20. The van der Waals surface area contributed by atoms with E-state index in [0.717, 1.165) is 22.2 Å². The second kappa shape index (κ2) is 5.81. The summed E-state index contributed by atoms with van der Waals surface area (Å²) in [5.74, 6) is 0.00609. The first-order valence-corrected chi connectivity index (χ1v) is 7.91. The van der Waals surface area contributed by atoms with Crippen LogP contribution in [0, 0.1) is 0 Å². The molecule has 0 aliphatic heterocycles. The molecule has 0 atom stereocenters. The molecule has 2 aromatic carbocycles. The van der Waals surface area contributed by atoms with Gasteiger partial charge in [-0.1, -0.05) is 48.5 Å². The van der Waals surface area contributed by atoms with Gasteiger partial charge in [0.25, 0.3) is 0 Å². The molecule has 24 heavy (non-hydrogen) atoms. The van der Waals surface area contributed by atoms with Gasteiger partial charge in [-0.25, -0.2) is 0 Å². The Morgan fingerprint density at radius 2 is 1.75 bits per heavy atom. The fourth-order valence-corrected chi connectivity index (χ4v) is 3.09. The number of hydrogen-bond donors (Lipinski definition) is 0.